The molecule has 3 aromatic rings. The molecule has 1 saturated heterocycles. The third kappa shape index (κ3) is 6.14. The monoisotopic (exact) mass is 538 g/mol. The first kappa shape index (κ1) is 28.7. The average Bonchev–Trinajstić information content (AvgIpc) is 3.33. The van der Waals surface area contributed by atoms with Gasteiger partial charge in [-0.1, -0.05) is 0 Å². The number of esters is 1. The van der Waals surface area contributed by atoms with Crippen LogP contribution < -0.4 is 20.3 Å². The van der Waals surface area contributed by atoms with Gasteiger partial charge in [0, 0.05) is 36.4 Å². The third-order valence-corrected chi connectivity index (χ3v) is 7.11. The van der Waals surface area contributed by atoms with Crippen LogP contribution in [0.2, 0.25) is 0 Å². The summed E-state index contributed by atoms with van der Waals surface area (Å²) in [7, 11) is 2.61. The number of aromatic nitrogens is 3. The molecule has 39 heavy (non-hydrogen) atoms. The van der Waals surface area contributed by atoms with Crippen molar-refractivity contribution in [3.8, 4) is 11.5 Å². The van der Waals surface area contributed by atoms with Gasteiger partial charge in [0.1, 0.15) is 34.9 Å². The SMILES string of the molecule is COc1ccc(CNc2ncnc3c2c(B2OC(C)(C)C(C)(C)O2)cn3CCC(=O)OC(C)(C)C)c(OC)c1. The van der Waals surface area contributed by atoms with Crippen LogP contribution in [0.3, 0.4) is 0 Å². The molecular weight excluding hydrogens is 499 g/mol. The molecule has 0 unspecified atom stereocenters. The summed E-state index contributed by atoms with van der Waals surface area (Å²) in [6.07, 6.45) is 3.64. The van der Waals surface area contributed by atoms with E-state index >= 15 is 0 Å². The molecule has 1 aliphatic rings. The Morgan fingerprint density at radius 1 is 1.08 bits per heavy atom. The van der Waals surface area contributed by atoms with Crippen molar-refractivity contribution in [1.29, 1.82) is 0 Å². The van der Waals surface area contributed by atoms with Crippen LogP contribution in [0.25, 0.3) is 11.0 Å². The molecule has 1 fully saturated rings. The lowest BCUT2D eigenvalue weighted by molar-refractivity contribution is -0.155. The van der Waals surface area contributed by atoms with Gasteiger partial charge in [0.25, 0.3) is 0 Å². The van der Waals surface area contributed by atoms with E-state index in [1.807, 2.05) is 77.4 Å². The first-order valence-electron chi connectivity index (χ1n) is 13.1. The Hall–Kier alpha value is -3.31. The van der Waals surface area contributed by atoms with Crippen molar-refractivity contribution in [2.24, 2.45) is 0 Å². The van der Waals surface area contributed by atoms with Crippen molar-refractivity contribution in [3.05, 3.63) is 36.3 Å². The summed E-state index contributed by atoms with van der Waals surface area (Å²) in [6, 6.07) is 5.68. The van der Waals surface area contributed by atoms with E-state index in [0.717, 1.165) is 16.4 Å². The molecule has 11 heteroatoms. The number of hydrogen-bond acceptors (Lipinski definition) is 9. The van der Waals surface area contributed by atoms with E-state index in [0.29, 0.717) is 36.1 Å². The van der Waals surface area contributed by atoms with Crippen LogP contribution in [0, 0.1) is 0 Å². The zero-order chi connectivity index (χ0) is 28.6. The van der Waals surface area contributed by atoms with E-state index in [4.69, 9.17) is 23.5 Å². The summed E-state index contributed by atoms with van der Waals surface area (Å²) in [6.45, 7) is 14.5. The number of methoxy groups -OCH3 is 2. The highest BCUT2D eigenvalue weighted by atomic mass is 16.7. The number of fused-ring (bicyclic) bond motifs is 1. The van der Waals surface area contributed by atoms with Gasteiger partial charge in [0.05, 0.1) is 37.2 Å². The first-order chi connectivity index (χ1) is 18.2. The topological polar surface area (TPSA) is 106 Å². The molecule has 0 saturated carbocycles. The van der Waals surface area contributed by atoms with Crippen LogP contribution in [-0.4, -0.2) is 58.6 Å². The van der Waals surface area contributed by atoms with Gasteiger partial charge in [0.2, 0.25) is 0 Å². The van der Waals surface area contributed by atoms with Crippen LogP contribution in [0.5, 0.6) is 11.5 Å². The summed E-state index contributed by atoms with van der Waals surface area (Å²) in [4.78, 5) is 21.6. The molecule has 0 aliphatic carbocycles. The minimum Gasteiger partial charge on any atom is -0.497 e. The summed E-state index contributed by atoms with van der Waals surface area (Å²) < 4.78 is 31.1. The fraction of sp³-hybridized carbons (Fsp3) is 0.536. The fourth-order valence-electron chi connectivity index (χ4n) is 4.39. The molecule has 210 valence electrons. The van der Waals surface area contributed by atoms with Crippen LogP contribution in [0.15, 0.2) is 30.7 Å². The predicted octanol–water partition coefficient (Wildman–Crippen LogP) is 4.09. The lowest BCUT2D eigenvalue weighted by Gasteiger charge is -2.32. The van der Waals surface area contributed by atoms with Crippen LogP contribution in [-0.2, 0) is 31.9 Å². The zero-order valence-corrected chi connectivity index (χ0v) is 24.4. The van der Waals surface area contributed by atoms with Gasteiger partial charge in [-0.3, -0.25) is 4.79 Å². The highest BCUT2D eigenvalue weighted by molar-refractivity contribution is 6.65. The third-order valence-electron chi connectivity index (χ3n) is 7.11. The molecule has 1 N–H and O–H groups in total. The molecule has 0 spiro atoms. The molecular formula is C28H39BN4O6. The Morgan fingerprint density at radius 3 is 2.38 bits per heavy atom. The maximum atomic E-state index is 12.5. The second-order valence-electron chi connectivity index (χ2n) is 11.7. The van der Waals surface area contributed by atoms with E-state index in [1.54, 1.807) is 14.2 Å². The highest BCUT2D eigenvalue weighted by Crippen LogP contribution is 2.37. The summed E-state index contributed by atoms with van der Waals surface area (Å²) >= 11 is 0. The number of aryl methyl sites for hydroxylation is 1. The van der Waals surface area contributed by atoms with Crippen LogP contribution in [0.1, 0.15) is 60.5 Å². The normalized spacial score (nSPS) is 16.4. The van der Waals surface area contributed by atoms with Gasteiger partial charge in [0.15, 0.2) is 0 Å². The molecule has 0 bridgehead atoms. The van der Waals surface area contributed by atoms with Gasteiger partial charge in [-0.05, 0) is 60.6 Å². The average molecular weight is 538 g/mol. The second kappa shape index (κ2) is 10.7. The lowest BCUT2D eigenvalue weighted by atomic mass is 9.79. The maximum Gasteiger partial charge on any atom is 0.497 e. The molecule has 10 nitrogen and oxygen atoms in total. The smallest absolute Gasteiger partial charge is 0.497 e. The van der Waals surface area contributed by atoms with E-state index in [1.165, 1.54) is 6.33 Å². The molecule has 4 rings (SSSR count). The largest absolute Gasteiger partial charge is 0.497 e. The number of carbonyl (C=O) groups is 1. The van der Waals surface area contributed by atoms with Crippen LogP contribution >= 0.6 is 0 Å². The van der Waals surface area contributed by atoms with Gasteiger partial charge in [-0.25, -0.2) is 9.97 Å². The van der Waals surface area contributed by atoms with Crippen molar-refractivity contribution in [2.45, 2.75) is 84.8 Å². The van der Waals surface area contributed by atoms with Crippen molar-refractivity contribution >= 4 is 35.4 Å². The van der Waals surface area contributed by atoms with E-state index < -0.39 is 23.9 Å². The number of nitrogens with one attached hydrogen (secondary N) is 1. The maximum absolute atomic E-state index is 12.5. The van der Waals surface area contributed by atoms with Gasteiger partial charge in [-0.2, -0.15) is 0 Å². The molecule has 2 aromatic heterocycles. The first-order valence-corrected chi connectivity index (χ1v) is 13.1. The molecule has 0 amide bonds. The molecule has 1 aromatic carbocycles. The quantitative estimate of drug-likeness (QED) is 0.319. The number of ether oxygens (including phenoxy) is 3. The molecule has 3 heterocycles. The number of anilines is 1. The van der Waals surface area contributed by atoms with Crippen molar-refractivity contribution in [1.82, 2.24) is 14.5 Å². The number of carbonyl (C=O) groups excluding carboxylic acids is 1. The van der Waals surface area contributed by atoms with E-state index in [9.17, 15) is 4.79 Å². The number of hydrogen-bond donors (Lipinski definition) is 1. The Kier molecular flexibility index (Phi) is 7.87. The van der Waals surface area contributed by atoms with Crippen molar-refractivity contribution in [2.75, 3.05) is 19.5 Å². The minimum absolute atomic E-state index is 0.194. The number of rotatable bonds is 9. The van der Waals surface area contributed by atoms with Gasteiger partial charge in [-0.15, -0.1) is 0 Å². The summed E-state index contributed by atoms with van der Waals surface area (Å²) in [5, 5.41) is 4.21. The molecule has 1 aliphatic heterocycles. The molecule has 0 radical (unpaired) electrons. The van der Waals surface area contributed by atoms with E-state index in [2.05, 4.69) is 15.3 Å². The standard InChI is InChI=1S/C28H39BN4O6/c1-26(2,3)37-22(34)12-13-33-16-20(29-38-27(4,5)28(6,7)39-29)23-24(31-17-32-25(23)33)30-15-18-10-11-19(35-8)14-21(18)36-9/h10-11,14,16-17H,12-13,15H2,1-9H3,(H,30,31,32). The Balaban J connectivity index is 1.70. The Bertz CT molecular complexity index is 1330. The summed E-state index contributed by atoms with van der Waals surface area (Å²) in [5.41, 5.74) is 0.794. The Labute approximate surface area is 230 Å². The lowest BCUT2D eigenvalue weighted by Crippen LogP contribution is -2.41. The van der Waals surface area contributed by atoms with Crippen molar-refractivity contribution in [3.63, 3.8) is 0 Å². The minimum atomic E-state index is -0.637. The van der Waals surface area contributed by atoms with E-state index in [-0.39, 0.29) is 12.4 Å². The van der Waals surface area contributed by atoms with Gasteiger partial charge >= 0.3 is 13.1 Å². The second-order valence-corrected chi connectivity index (χ2v) is 11.7. The Morgan fingerprint density at radius 2 is 1.77 bits per heavy atom. The number of nitrogens with zero attached hydrogens (tertiary/aromatic N) is 3. The fourth-order valence-corrected chi connectivity index (χ4v) is 4.39. The van der Waals surface area contributed by atoms with Crippen LogP contribution in [0.4, 0.5) is 5.82 Å². The predicted molar refractivity (Wildman–Crippen MR) is 151 cm³/mol. The summed E-state index contributed by atoms with van der Waals surface area (Å²) in [5.74, 6) is 1.76. The molecule has 0 atom stereocenters. The highest BCUT2D eigenvalue weighted by Gasteiger charge is 2.52. The number of benzene rings is 1. The van der Waals surface area contributed by atoms with Crippen molar-refractivity contribution < 1.29 is 28.3 Å². The zero-order valence-electron chi connectivity index (χ0n) is 24.4. The van der Waals surface area contributed by atoms with Gasteiger partial charge < -0.3 is 33.4 Å².